The Morgan fingerprint density at radius 2 is 1.85 bits per heavy atom. The Morgan fingerprint density at radius 1 is 1.25 bits per heavy atom. The van der Waals surface area contributed by atoms with Crippen LogP contribution in [0.1, 0.15) is 20.8 Å². The highest BCUT2D eigenvalue weighted by molar-refractivity contribution is 5.95. The highest BCUT2D eigenvalue weighted by atomic mass is 16.5. The van der Waals surface area contributed by atoms with Crippen molar-refractivity contribution in [1.29, 1.82) is 0 Å². The second-order valence-electron chi connectivity index (χ2n) is 5.70. The minimum absolute atomic E-state index is 0.189. The number of anilines is 1. The van der Waals surface area contributed by atoms with Gasteiger partial charge in [0.1, 0.15) is 12.4 Å². The number of hydrogen-bond acceptors (Lipinski definition) is 4. The number of nitrogens with one attached hydrogen (secondary N) is 1. The van der Waals surface area contributed by atoms with Crippen LogP contribution in [0, 0.1) is 5.41 Å². The van der Waals surface area contributed by atoms with Crippen molar-refractivity contribution in [3.05, 3.63) is 24.3 Å². The van der Waals surface area contributed by atoms with Gasteiger partial charge in [-0.3, -0.25) is 4.79 Å². The molecule has 0 radical (unpaired) electrons. The van der Waals surface area contributed by atoms with Crippen LogP contribution in [0.2, 0.25) is 0 Å². The summed E-state index contributed by atoms with van der Waals surface area (Å²) >= 11 is 0. The number of rotatable bonds is 6. The third-order valence-electron chi connectivity index (χ3n) is 2.89. The molecule has 3 N–H and O–H groups in total. The minimum Gasteiger partial charge on any atom is -0.491 e. The quantitative estimate of drug-likeness (QED) is 0.782. The summed E-state index contributed by atoms with van der Waals surface area (Å²) in [5, 5.41) is 2.80. The lowest BCUT2D eigenvalue weighted by Crippen LogP contribution is -2.45. The second-order valence-corrected chi connectivity index (χ2v) is 5.70. The normalized spacial score (nSPS) is 12.8. The van der Waals surface area contributed by atoms with Crippen molar-refractivity contribution >= 4 is 11.6 Å². The van der Waals surface area contributed by atoms with Crippen molar-refractivity contribution in [2.45, 2.75) is 26.8 Å². The zero-order valence-corrected chi connectivity index (χ0v) is 12.6. The molecule has 0 heterocycles. The summed E-state index contributed by atoms with van der Waals surface area (Å²) in [6.07, 6.45) is 0. The Hall–Kier alpha value is -1.59. The van der Waals surface area contributed by atoms with Crippen LogP contribution in [0.3, 0.4) is 0 Å². The number of amides is 1. The second kappa shape index (κ2) is 7.26. The van der Waals surface area contributed by atoms with Gasteiger partial charge in [0.2, 0.25) is 5.91 Å². The lowest BCUT2D eigenvalue weighted by atomic mass is 9.87. The van der Waals surface area contributed by atoms with E-state index in [2.05, 4.69) is 5.32 Å². The SMILES string of the molecule is COCCOc1ccc(NC(=O)C(N)C(C)(C)C)cc1. The van der Waals surface area contributed by atoms with Crippen LogP contribution in [0.5, 0.6) is 5.75 Å². The first kappa shape index (κ1) is 16.5. The van der Waals surface area contributed by atoms with E-state index in [0.29, 0.717) is 18.9 Å². The molecular formula is C15H24N2O3. The number of methoxy groups -OCH3 is 1. The van der Waals surface area contributed by atoms with Gasteiger partial charge in [0.25, 0.3) is 0 Å². The van der Waals surface area contributed by atoms with E-state index in [1.807, 2.05) is 20.8 Å². The van der Waals surface area contributed by atoms with Crippen LogP contribution < -0.4 is 15.8 Å². The fourth-order valence-corrected chi connectivity index (χ4v) is 1.49. The van der Waals surface area contributed by atoms with Crippen LogP contribution in [0.15, 0.2) is 24.3 Å². The van der Waals surface area contributed by atoms with E-state index in [4.69, 9.17) is 15.2 Å². The summed E-state index contributed by atoms with van der Waals surface area (Å²) in [4.78, 5) is 12.0. The predicted octanol–water partition coefficient (Wildman–Crippen LogP) is 2.02. The van der Waals surface area contributed by atoms with Crippen molar-refractivity contribution in [2.75, 3.05) is 25.6 Å². The molecule has 1 atom stereocenters. The summed E-state index contributed by atoms with van der Waals surface area (Å²) in [6, 6.07) is 6.62. The standard InChI is InChI=1S/C15H24N2O3/c1-15(2,3)13(16)14(18)17-11-5-7-12(8-6-11)20-10-9-19-4/h5-8,13H,9-10,16H2,1-4H3,(H,17,18). The highest BCUT2D eigenvalue weighted by Gasteiger charge is 2.27. The smallest absolute Gasteiger partial charge is 0.241 e. The fourth-order valence-electron chi connectivity index (χ4n) is 1.49. The van der Waals surface area contributed by atoms with E-state index in [-0.39, 0.29) is 11.3 Å². The van der Waals surface area contributed by atoms with E-state index in [1.165, 1.54) is 0 Å². The molecular weight excluding hydrogens is 256 g/mol. The molecule has 0 spiro atoms. The van der Waals surface area contributed by atoms with Crippen molar-refractivity contribution in [1.82, 2.24) is 0 Å². The van der Waals surface area contributed by atoms with Gasteiger partial charge < -0.3 is 20.5 Å². The number of benzene rings is 1. The maximum atomic E-state index is 12.0. The fraction of sp³-hybridized carbons (Fsp3) is 0.533. The molecule has 20 heavy (non-hydrogen) atoms. The molecule has 5 heteroatoms. The molecule has 0 aliphatic heterocycles. The average Bonchev–Trinajstić information content (AvgIpc) is 2.39. The van der Waals surface area contributed by atoms with E-state index in [9.17, 15) is 4.79 Å². The van der Waals surface area contributed by atoms with Gasteiger partial charge in [-0.15, -0.1) is 0 Å². The number of nitrogens with two attached hydrogens (primary N) is 1. The van der Waals surface area contributed by atoms with Gasteiger partial charge in [-0.25, -0.2) is 0 Å². The summed E-state index contributed by atoms with van der Waals surface area (Å²) in [7, 11) is 1.63. The monoisotopic (exact) mass is 280 g/mol. The van der Waals surface area contributed by atoms with Gasteiger partial charge in [0.05, 0.1) is 12.6 Å². The van der Waals surface area contributed by atoms with Gasteiger partial charge in [0, 0.05) is 12.8 Å². The van der Waals surface area contributed by atoms with Crippen molar-refractivity contribution in [2.24, 2.45) is 11.1 Å². The highest BCUT2D eigenvalue weighted by Crippen LogP contribution is 2.20. The van der Waals surface area contributed by atoms with Crippen LogP contribution in [0.25, 0.3) is 0 Å². The number of ether oxygens (including phenoxy) is 2. The van der Waals surface area contributed by atoms with Gasteiger partial charge >= 0.3 is 0 Å². The molecule has 0 saturated heterocycles. The summed E-state index contributed by atoms with van der Waals surface area (Å²) < 4.78 is 10.3. The molecule has 0 aliphatic carbocycles. The largest absolute Gasteiger partial charge is 0.491 e. The molecule has 0 aromatic heterocycles. The zero-order valence-electron chi connectivity index (χ0n) is 12.6. The number of carbonyl (C=O) groups excluding carboxylic acids is 1. The Kier molecular flexibility index (Phi) is 5.98. The molecule has 1 amide bonds. The van der Waals surface area contributed by atoms with Gasteiger partial charge in [-0.2, -0.15) is 0 Å². The molecule has 1 unspecified atom stereocenters. The van der Waals surface area contributed by atoms with Crippen LogP contribution >= 0.6 is 0 Å². The Morgan fingerprint density at radius 3 is 2.35 bits per heavy atom. The Labute approximate surface area is 120 Å². The first-order chi connectivity index (χ1) is 9.34. The van der Waals surface area contributed by atoms with Crippen molar-refractivity contribution < 1.29 is 14.3 Å². The minimum atomic E-state index is -0.555. The molecule has 1 rings (SSSR count). The molecule has 112 valence electrons. The van der Waals surface area contributed by atoms with E-state index in [1.54, 1.807) is 31.4 Å². The zero-order chi connectivity index (χ0) is 15.2. The third-order valence-corrected chi connectivity index (χ3v) is 2.89. The third kappa shape index (κ3) is 5.19. The first-order valence-electron chi connectivity index (χ1n) is 6.63. The summed E-state index contributed by atoms with van der Waals surface area (Å²) in [6.45, 7) is 6.84. The van der Waals surface area contributed by atoms with Crippen molar-refractivity contribution in [3.8, 4) is 5.75 Å². The Bertz CT molecular complexity index is 424. The summed E-state index contributed by atoms with van der Waals surface area (Å²) in [5.41, 5.74) is 6.33. The van der Waals surface area contributed by atoms with Gasteiger partial charge in [-0.05, 0) is 29.7 Å². The molecule has 5 nitrogen and oxygen atoms in total. The molecule has 0 bridgehead atoms. The number of carbonyl (C=O) groups is 1. The van der Waals surface area contributed by atoms with Crippen molar-refractivity contribution in [3.63, 3.8) is 0 Å². The number of hydrogen-bond donors (Lipinski definition) is 2. The van der Waals surface area contributed by atoms with E-state index >= 15 is 0 Å². The molecule has 1 aromatic rings. The molecule has 0 aliphatic rings. The lowest BCUT2D eigenvalue weighted by Gasteiger charge is -2.25. The van der Waals surface area contributed by atoms with Crippen LogP contribution in [0.4, 0.5) is 5.69 Å². The van der Waals surface area contributed by atoms with E-state index < -0.39 is 6.04 Å². The average molecular weight is 280 g/mol. The van der Waals surface area contributed by atoms with Crippen LogP contribution in [-0.4, -0.2) is 32.3 Å². The molecule has 0 saturated carbocycles. The topological polar surface area (TPSA) is 73.6 Å². The molecule has 0 fully saturated rings. The maximum Gasteiger partial charge on any atom is 0.241 e. The Balaban J connectivity index is 2.55. The van der Waals surface area contributed by atoms with Crippen LogP contribution in [-0.2, 0) is 9.53 Å². The van der Waals surface area contributed by atoms with Gasteiger partial charge in [0.15, 0.2) is 0 Å². The first-order valence-corrected chi connectivity index (χ1v) is 6.63. The predicted molar refractivity (Wildman–Crippen MR) is 79.9 cm³/mol. The summed E-state index contributed by atoms with van der Waals surface area (Å²) in [5.74, 6) is 0.547. The maximum absolute atomic E-state index is 12.0. The molecule has 1 aromatic carbocycles. The van der Waals surface area contributed by atoms with Gasteiger partial charge in [-0.1, -0.05) is 20.8 Å². The van der Waals surface area contributed by atoms with E-state index in [0.717, 1.165) is 5.75 Å². The lowest BCUT2D eigenvalue weighted by molar-refractivity contribution is -0.119.